The van der Waals surface area contributed by atoms with Gasteiger partial charge in [0, 0.05) is 16.2 Å². The summed E-state index contributed by atoms with van der Waals surface area (Å²) < 4.78 is 0. The van der Waals surface area contributed by atoms with Crippen molar-refractivity contribution in [3.63, 3.8) is 0 Å². The first-order chi connectivity index (χ1) is 5.27. The zero-order chi connectivity index (χ0) is 8.27. The van der Waals surface area contributed by atoms with Gasteiger partial charge in [-0.15, -0.1) is 11.3 Å². The van der Waals surface area contributed by atoms with Crippen LogP contribution < -0.4 is 0 Å². The third-order valence-electron chi connectivity index (χ3n) is 1.41. The monoisotopic (exact) mass is 188 g/mol. The first-order valence-corrected chi connectivity index (χ1v) is 4.68. The lowest BCUT2D eigenvalue weighted by atomic mass is 10.3. The van der Waals surface area contributed by atoms with Crippen molar-refractivity contribution >= 4 is 29.2 Å². The average molecular weight is 189 g/mol. The molecule has 0 aliphatic rings. The van der Waals surface area contributed by atoms with Gasteiger partial charge in [-0.05, 0) is 12.5 Å². The van der Waals surface area contributed by atoms with Crippen LogP contribution in [0.2, 0.25) is 5.02 Å². The van der Waals surface area contributed by atoms with Gasteiger partial charge in [-0.3, -0.25) is 0 Å². The standard InChI is InChI=1S/C8H9ClOS/c1-2-8-7(9)5-6(11-8)3-4-10/h4-5H,2-3H2,1H3. The summed E-state index contributed by atoms with van der Waals surface area (Å²) in [5, 5.41) is 0.800. The molecule has 0 aliphatic carbocycles. The van der Waals surface area contributed by atoms with Gasteiger partial charge in [-0.25, -0.2) is 0 Å². The molecule has 0 unspecified atom stereocenters. The van der Waals surface area contributed by atoms with Crippen LogP contribution in [0.1, 0.15) is 16.7 Å². The summed E-state index contributed by atoms with van der Waals surface area (Å²) in [6.07, 6.45) is 2.34. The van der Waals surface area contributed by atoms with Crippen LogP contribution in [0.5, 0.6) is 0 Å². The second-order valence-corrected chi connectivity index (χ2v) is 3.84. The molecule has 0 spiro atoms. The van der Waals surface area contributed by atoms with Crippen molar-refractivity contribution in [2.24, 2.45) is 0 Å². The fraction of sp³-hybridized carbons (Fsp3) is 0.375. The van der Waals surface area contributed by atoms with Gasteiger partial charge in [-0.1, -0.05) is 18.5 Å². The van der Waals surface area contributed by atoms with Crippen LogP contribution in [0.25, 0.3) is 0 Å². The Kier molecular flexibility index (Phi) is 3.09. The summed E-state index contributed by atoms with van der Waals surface area (Å²) in [6, 6.07) is 1.87. The number of rotatable bonds is 3. The Morgan fingerprint density at radius 2 is 2.45 bits per heavy atom. The number of aryl methyl sites for hydroxylation is 1. The van der Waals surface area contributed by atoms with E-state index in [1.165, 1.54) is 4.88 Å². The van der Waals surface area contributed by atoms with E-state index in [1.54, 1.807) is 11.3 Å². The molecule has 1 rings (SSSR count). The van der Waals surface area contributed by atoms with E-state index in [4.69, 9.17) is 11.6 Å². The largest absolute Gasteiger partial charge is 0.303 e. The van der Waals surface area contributed by atoms with E-state index in [0.717, 1.165) is 22.6 Å². The van der Waals surface area contributed by atoms with Crippen LogP contribution in [0, 0.1) is 0 Å². The number of thiophene rings is 1. The molecule has 0 amide bonds. The second kappa shape index (κ2) is 3.88. The molecule has 1 nitrogen and oxygen atoms in total. The molecule has 0 saturated heterocycles. The molecule has 60 valence electrons. The van der Waals surface area contributed by atoms with Crippen molar-refractivity contribution in [2.45, 2.75) is 19.8 Å². The lowest BCUT2D eigenvalue weighted by Gasteiger charge is -1.86. The van der Waals surface area contributed by atoms with Gasteiger partial charge in [0.1, 0.15) is 6.29 Å². The Morgan fingerprint density at radius 3 is 2.91 bits per heavy atom. The summed E-state index contributed by atoms with van der Waals surface area (Å²) in [6.45, 7) is 2.06. The normalized spacial score (nSPS) is 10.0. The van der Waals surface area contributed by atoms with Gasteiger partial charge < -0.3 is 4.79 Å². The van der Waals surface area contributed by atoms with Gasteiger partial charge in [0.25, 0.3) is 0 Å². The molecular weight excluding hydrogens is 180 g/mol. The first-order valence-electron chi connectivity index (χ1n) is 3.48. The van der Waals surface area contributed by atoms with Gasteiger partial charge in [0.15, 0.2) is 0 Å². The van der Waals surface area contributed by atoms with E-state index in [0.29, 0.717) is 6.42 Å². The summed E-state index contributed by atoms with van der Waals surface area (Å²) in [5.74, 6) is 0. The number of carbonyl (C=O) groups excluding carboxylic acids is 1. The van der Waals surface area contributed by atoms with Crippen LogP contribution >= 0.6 is 22.9 Å². The van der Waals surface area contributed by atoms with Crippen LogP contribution in [-0.2, 0) is 17.6 Å². The predicted octanol–water partition coefficient (Wildman–Crippen LogP) is 2.71. The van der Waals surface area contributed by atoms with Crippen molar-refractivity contribution in [2.75, 3.05) is 0 Å². The maximum absolute atomic E-state index is 10.1. The number of carbonyl (C=O) groups is 1. The first kappa shape index (κ1) is 8.75. The van der Waals surface area contributed by atoms with Crippen molar-refractivity contribution in [3.05, 3.63) is 20.8 Å². The van der Waals surface area contributed by atoms with Gasteiger partial charge in [-0.2, -0.15) is 0 Å². The van der Waals surface area contributed by atoms with Crippen molar-refractivity contribution in [1.82, 2.24) is 0 Å². The highest BCUT2D eigenvalue weighted by Crippen LogP contribution is 2.27. The third-order valence-corrected chi connectivity index (χ3v) is 3.16. The van der Waals surface area contributed by atoms with E-state index in [-0.39, 0.29) is 0 Å². The Labute approximate surface area is 75.0 Å². The second-order valence-electron chi connectivity index (χ2n) is 2.21. The van der Waals surface area contributed by atoms with E-state index >= 15 is 0 Å². The maximum Gasteiger partial charge on any atom is 0.125 e. The fourth-order valence-electron chi connectivity index (χ4n) is 0.882. The fourth-order valence-corrected chi connectivity index (χ4v) is 2.27. The van der Waals surface area contributed by atoms with Crippen LogP contribution in [0.15, 0.2) is 6.07 Å². The van der Waals surface area contributed by atoms with E-state index in [9.17, 15) is 4.79 Å². The smallest absolute Gasteiger partial charge is 0.125 e. The summed E-state index contributed by atoms with van der Waals surface area (Å²) in [7, 11) is 0. The number of aldehydes is 1. The molecule has 3 heteroatoms. The minimum absolute atomic E-state index is 0.490. The van der Waals surface area contributed by atoms with Gasteiger partial charge in [0.2, 0.25) is 0 Å². The lowest BCUT2D eigenvalue weighted by Crippen LogP contribution is -1.76. The number of hydrogen-bond donors (Lipinski definition) is 0. The zero-order valence-electron chi connectivity index (χ0n) is 6.26. The summed E-state index contributed by atoms with van der Waals surface area (Å²) in [4.78, 5) is 12.4. The minimum atomic E-state index is 0.490. The molecule has 0 N–H and O–H groups in total. The van der Waals surface area contributed by atoms with Gasteiger partial charge >= 0.3 is 0 Å². The molecule has 0 aromatic carbocycles. The quantitative estimate of drug-likeness (QED) is 0.667. The SMILES string of the molecule is CCc1sc(CC=O)cc1Cl. The van der Waals surface area contributed by atoms with Crippen molar-refractivity contribution < 1.29 is 4.79 Å². The number of halogens is 1. The van der Waals surface area contributed by atoms with E-state index in [1.807, 2.05) is 6.07 Å². The predicted molar refractivity (Wildman–Crippen MR) is 48.5 cm³/mol. The highest BCUT2D eigenvalue weighted by molar-refractivity contribution is 7.12. The zero-order valence-corrected chi connectivity index (χ0v) is 7.84. The molecule has 0 saturated carbocycles. The lowest BCUT2D eigenvalue weighted by molar-refractivity contribution is -0.107. The van der Waals surface area contributed by atoms with E-state index in [2.05, 4.69) is 6.92 Å². The maximum atomic E-state index is 10.1. The molecule has 0 radical (unpaired) electrons. The Hall–Kier alpha value is -0.340. The summed E-state index contributed by atoms with van der Waals surface area (Å²) in [5.41, 5.74) is 0. The molecule has 1 aromatic heterocycles. The van der Waals surface area contributed by atoms with Crippen molar-refractivity contribution in [1.29, 1.82) is 0 Å². The van der Waals surface area contributed by atoms with Gasteiger partial charge in [0.05, 0.1) is 5.02 Å². The highest BCUT2D eigenvalue weighted by atomic mass is 35.5. The van der Waals surface area contributed by atoms with Crippen LogP contribution in [0.3, 0.4) is 0 Å². The van der Waals surface area contributed by atoms with E-state index < -0.39 is 0 Å². The minimum Gasteiger partial charge on any atom is -0.303 e. The van der Waals surface area contributed by atoms with Crippen molar-refractivity contribution in [3.8, 4) is 0 Å². The van der Waals surface area contributed by atoms with Crippen LogP contribution in [-0.4, -0.2) is 6.29 Å². The molecule has 0 bridgehead atoms. The van der Waals surface area contributed by atoms with Crippen LogP contribution in [0.4, 0.5) is 0 Å². The Balaban J connectivity index is 2.85. The third kappa shape index (κ3) is 2.04. The molecule has 1 heterocycles. The Morgan fingerprint density at radius 1 is 1.73 bits per heavy atom. The topological polar surface area (TPSA) is 17.1 Å². The average Bonchev–Trinajstić information content (AvgIpc) is 2.32. The molecule has 0 fully saturated rings. The summed E-state index contributed by atoms with van der Waals surface area (Å²) >= 11 is 7.50. The molecular formula is C8H9ClOS. The highest BCUT2D eigenvalue weighted by Gasteiger charge is 2.03. The molecule has 11 heavy (non-hydrogen) atoms. The molecule has 0 atom stereocenters. The molecule has 1 aromatic rings. The molecule has 0 aliphatic heterocycles. The Bertz CT molecular complexity index is 255. The number of hydrogen-bond acceptors (Lipinski definition) is 2.